The molecule has 0 saturated carbocycles. The molecule has 0 aliphatic carbocycles. The Balaban J connectivity index is 0.000000176. The number of hydrogen-bond acceptors (Lipinski definition) is 5. The minimum absolute atomic E-state index is 0. The third-order valence-electron chi connectivity index (χ3n) is 21.4. The first kappa shape index (κ1) is 108. The van der Waals surface area contributed by atoms with Crippen molar-refractivity contribution in [3.05, 3.63) is 513 Å². The molecular formula is C116H88Ir4N20-9. The summed E-state index contributed by atoms with van der Waals surface area (Å²) in [6.07, 6.45) is 22.9. The molecule has 0 aliphatic heterocycles. The Morgan fingerprint density at radius 2 is 0.343 bits per heavy atom. The van der Waals surface area contributed by atoms with Gasteiger partial charge in [0.15, 0.2) is 0 Å². The molecule has 0 saturated heterocycles. The van der Waals surface area contributed by atoms with Gasteiger partial charge in [-0.15, -0.1) is 6.07 Å². The summed E-state index contributed by atoms with van der Waals surface area (Å²) in [5.74, 6) is 0. The van der Waals surface area contributed by atoms with Gasteiger partial charge in [0, 0.05) is 65.7 Å². The van der Waals surface area contributed by atoms with Gasteiger partial charge >= 0.3 is 20.1 Å². The number of benzene rings is 16. The first-order valence-electron chi connectivity index (χ1n) is 42.7. The van der Waals surface area contributed by atoms with Crippen LogP contribution < -0.4 is 32.0 Å². The topological polar surface area (TPSA) is 175 Å². The van der Waals surface area contributed by atoms with Crippen molar-refractivity contribution in [2.45, 2.75) is 6.92 Å². The Morgan fingerprint density at radius 1 is 0.200 bits per heavy atom. The standard InChI is InChI=1S/8C14H11N2.4CN.4Ir/c7*1-15-11-16(12-7-3-2-4-8-12)14-10-6-5-9-13(14)15;1-11-13-9-5-6-10-14(13)16(15-11)12-7-3-2-4-8-12;4*1-2;;;;/h8*2-7,9-10H,1H3;;;;;;;;/q12*-1;;;;+3. The second-order valence-corrected chi connectivity index (χ2v) is 29.9. The summed E-state index contributed by atoms with van der Waals surface area (Å²) in [6.45, 7) is 21.0. The van der Waals surface area contributed by atoms with Crippen LogP contribution in [-0.2, 0) is 130 Å². The van der Waals surface area contributed by atoms with Crippen molar-refractivity contribution in [1.29, 1.82) is 21.0 Å². The van der Waals surface area contributed by atoms with Gasteiger partial charge in [-0.2, -0.15) is 242 Å². The van der Waals surface area contributed by atoms with Gasteiger partial charge in [-0.05, 0) is 18.7 Å². The Hall–Kier alpha value is -16.2. The number of nitrogens with zero attached hydrogens (tertiary/aromatic N) is 20. The van der Waals surface area contributed by atoms with Gasteiger partial charge in [0.1, 0.15) is 0 Å². The van der Waals surface area contributed by atoms with E-state index in [0.29, 0.717) is 0 Å². The van der Waals surface area contributed by atoms with Crippen molar-refractivity contribution in [3.63, 3.8) is 0 Å². The molecule has 0 aliphatic rings. The molecule has 0 atom stereocenters. The summed E-state index contributed by atoms with van der Waals surface area (Å²) < 4.78 is 30.1. The van der Waals surface area contributed by atoms with Crippen LogP contribution in [0.3, 0.4) is 0 Å². The van der Waals surface area contributed by atoms with E-state index >= 15 is 0 Å². The van der Waals surface area contributed by atoms with Gasteiger partial charge in [-0.3, -0.25) is 4.68 Å². The Morgan fingerprint density at radius 3 is 0.507 bits per heavy atom. The SMILES string of the molecule is C[n+]1[c-]n(-c2[c-]cccc2)c2ccccc21.C[n+]1[c-]n(-c2[c-]cccc2)c2ccccc21.C[n+]1[c-]n(-c2[c-]cccc2)c2ccccc21.C[n+]1[c-]n(-c2[c-]cccc2)c2ccccc21.C[n+]1[c-]n(-c2[c-]cccc2)c2ccccc21.C[n+]1[c-]n(-c2[c-]cccc2)c2ccccc21.C[n+]1[c-]n(-c2[c-]cccc2)c2ccccc21.Cc1nn(-c2[c-]cccc2)c2ccccc12.[C-]#N.[C-]#N.[C-]#N.[C-]#N.[Ir+3].[Ir].[Ir].[Ir]. The molecule has 24 rings (SSSR count). The number of hydrogen-bond donors (Lipinski definition) is 0. The van der Waals surface area contributed by atoms with E-state index in [4.69, 9.17) is 47.3 Å². The molecule has 0 amide bonds. The van der Waals surface area contributed by atoms with Crippen LogP contribution in [-0.4, -0.2) is 41.8 Å². The maximum absolute atomic E-state index is 6.25. The van der Waals surface area contributed by atoms with Crippen LogP contribution >= 0.6 is 0 Å². The van der Waals surface area contributed by atoms with E-state index in [-0.39, 0.29) is 80.4 Å². The zero-order valence-electron chi connectivity index (χ0n) is 77.2. The average Bonchev–Trinajstić information content (AvgIpc) is 1.77. The van der Waals surface area contributed by atoms with Crippen molar-refractivity contribution in [1.82, 2.24) is 41.8 Å². The summed E-state index contributed by atoms with van der Waals surface area (Å²) in [7, 11) is 14.0. The van der Waals surface area contributed by atoms with Crippen molar-refractivity contribution in [2.24, 2.45) is 49.3 Å². The minimum Gasteiger partial charge on any atom is -0.512 e. The largest absolute Gasteiger partial charge is 3.00 e. The second-order valence-electron chi connectivity index (χ2n) is 29.9. The first-order chi connectivity index (χ1) is 66.9. The van der Waals surface area contributed by atoms with Gasteiger partial charge in [-0.25, -0.2) is 0 Å². The fourth-order valence-electron chi connectivity index (χ4n) is 15.2. The molecule has 0 fully saturated rings. The maximum Gasteiger partial charge on any atom is 3.00 e. The molecule has 0 spiro atoms. The fourth-order valence-corrected chi connectivity index (χ4v) is 15.2. The molecule has 8 heterocycles. The predicted molar refractivity (Wildman–Crippen MR) is 519 cm³/mol. The number of imidazole rings is 7. The summed E-state index contributed by atoms with van der Waals surface area (Å²) in [6, 6.07) is 155. The number of rotatable bonds is 8. The fraction of sp³-hybridized carbons (Fsp3) is 0.0690. The number of fused-ring (bicyclic) bond motifs is 8. The van der Waals surface area contributed by atoms with E-state index in [2.05, 4.69) is 195 Å². The number of para-hydroxylation sites is 23. The van der Waals surface area contributed by atoms with Crippen LogP contribution in [0.15, 0.2) is 388 Å². The number of aromatic nitrogens is 16. The van der Waals surface area contributed by atoms with Crippen molar-refractivity contribution in [3.8, 4) is 45.5 Å². The molecule has 0 unspecified atom stereocenters. The van der Waals surface area contributed by atoms with Crippen LogP contribution in [0.4, 0.5) is 0 Å². The van der Waals surface area contributed by atoms with E-state index in [9.17, 15) is 0 Å². The molecule has 8 aromatic heterocycles. The van der Waals surface area contributed by atoms with E-state index in [1.54, 1.807) is 0 Å². The van der Waals surface area contributed by atoms with Gasteiger partial charge in [0.2, 0.25) is 44.3 Å². The summed E-state index contributed by atoms with van der Waals surface area (Å²) in [4.78, 5) is 0. The van der Waals surface area contributed by atoms with Crippen LogP contribution in [0.5, 0.6) is 0 Å². The molecule has 16 aromatic carbocycles. The molecule has 697 valence electrons. The third-order valence-corrected chi connectivity index (χ3v) is 21.4. The summed E-state index contributed by atoms with van der Waals surface area (Å²) in [5, 5.41) is 30.7. The van der Waals surface area contributed by atoms with E-state index in [1.807, 2.05) is 416 Å². The molecule has 0 bridgehead atoms. The second kappa shape index (κ2) is 54.0. The maximum atomic E-state index is 6.25. The van der Waals surface area contributed by atoms with Crippen molar-refractivity contribution in [2.75, 3.05) is 0 Å². The molecule has 140 heavy (non-hydrogen) atoms. The van der Waals surface area contributed by atoms with Gasteiger partial charge in [0.25, 0.3) is 0 Å². The Bertz CT molecular complexity index is 6620. The quantitative estimate of drug-likeness (QED) is 0.109. The van der Waals surface area contributed by atoms with Crippen LogP contribution in [0.1, 0.15) is 5.69 Å². The molecule has 24 aromatic rings. The molecular weight excluding hydrogens is 2440 g/mol. The third kappa shape index (κ3) is 25.6. The smallest absolute Gasteiger partial charge is 0.512 e. The summed E-state index contributed by atoms with van der Waals surface area (Å²) in [5.41, 5.74) is 26.4. The molecule has 20 nitrogen and oxygen atoms in total. The minimum atomic E-state index is 0. The first-order valence-corrected chi connectivity index (χ1v) is 42.7. The zero-order valence-corrected chi connectivity index (χ0v) is 86.8. The van der Waals surface area contributed by atoms with Gasteiger partial charge in [-0.1, -0.05) is 228 Å². The van der Waals surface area contributed by atoms with Crippen LogP contribution in [0, 0.1) is 147 Å². The number of aryl methyl sites for hydroxylation is 8. The van der Waals surface area contributed by atoms with Crippen molar-refractivity contribution >= 4 is 88.1 Å². The molecule has 3 radical (unpaired) electrons. The monoisotopic (exact) mass is 2530 g/mol. The van der Waals surface area contributed by atoms with Crippen LogP contribution in [0.25, 0.3) is 134 Å². The van der Waals surface area contributed by atoms with Crippen molar-refractivity contribution < 1.29 is 112 Å². The summed E-state index contributed by atoms with van der Waals surface area (Å²) >= 11 is 0. The molecule has 24 heteroatoms. The zero-order chi connectivity index (χ0) is 95.7. The van der Waals surface area contributed by atoms with E-state index in [0.717, 1.165) is 95.3 Å². The van der Waals surface area contributed by atoms with E-state index in [1.165, 1.54) is 44.0 Å². The van der Waals surface area contributed by atoms with Crippen LogP contribution in [0.2, 0.25) is 0 Å². The average molecular weight is 2530 g/mol. The van der Waals surface area contributed by atoms with Gasteiger partial charge in [0.05, 0.1) is 138 Å². The normalized spacial score (nSPS) is 9.94. The Labute approximate surface area is 870 Å². The van der Waals surface area contributed by atoms with E-state index < -0.39 is 0 Å². The Kier molecular flexibility index (Phi) is 41.4. The predicted octanol–water partition coefficient (Wildman–Crippen LogP) is 17.9. The van der Waals surface area contributed by atoms with Gasteiger partial charge < -0.3 is 111 Å². The molecule has 0 N–H and O–H groups in total.